The van der Waals surface area contributed by atoms with Gasteiger partial charge >= 0.3 is 0 Å². The van der Waals surface area contributed by atoms with Gasteiger partial charge in [-0.3, -0.25) is 4.79 Å². The van der Waals surface area contributed by atoms with Gasteiger partial charge in [-0.15, -0.1) is 0 Å². The van der Waals surface area contributed by atoms with Crippen LogP contribution in [0.3, 0.4) is 0 Å². The SMILES string of the molecule is Cc1ccccc1C(=O)NCC1CCCC(O)C1. The highest BCUT2D eigenvalue weighted by atomic mass is 16.3. The Morgan fingerprint density at radius 1 is 1.39 bits per heavy atom. The van der Waals surface area contributed by atoms with E-state index in [0.717, 1.165) is 36.8 Å². The van der Waals surface area contributed by atoms with Gasteiger partial charge < -0.3 is 10.4 Å². The molecule has 1 aliphatic rings. The third-order valence-electron chi connectivity index (χ3n) is 3.70. The molecule has 2 unspecified atom stereocenters. The topological polar surface area (TPSA) is 49.3 Å². The van der Waals surface area contributed by atoms with E-state index in [9.17, 15) is 9.90 Å². The third kappa shape index (κ3) is 3.33. The first-order valence-electron chi connectivity index (χ1n) is 6.68. The molecular weight excluding hydrogens is 226 g/mol. The molecule has 3 heteroatoms. The molecule has 1 aromatic rings. The van der Waals surface area contributed by atoms with E-state index in [-0.39, 0.29) is 12.0 Å². The predicted octanol–water partition coefficient (Wildman–Crippen LogP) is 2.28. The Morgan fingerprint density at radius 3 is 2.89 bits per heavy atom. The van der Waals surface area contributed by atoms with Crippen molar-refractivity contribution in [1.29, 1.82) is 0 Å². The number of benzene rings is 1. The van der Waals surface area contributed by atoms with Gasteiger partial charge in [-0.1, -0.05) is 24.6 Å². The van der Waals surface area contributed by atoms with Gasteiger partial charge in [0, 0.05) is 12.1 Å². The average molecular weight is 247 g/mol. The smallest absolute Gasteiger partial charge is 0.251 e. The minimum absolute atomic E-state index is 0.00633. The standard InChI is InChI=1S/C15H21NO2/c1-11-5-2-3-8-14(11)15(18)16-10-12-6-4-7-13(17)9-12/h2-3,5,8,12-13,17H,4,6-7,9-10H2,1H3,(H,16,18). The number of rotatable bonds is 3. The van der Waals surface area contributed by atoms with E-state index in [1.807, 2.05) is 31.2 Å². The molecule has 2 atom stereocenters. The predicted molar refractivity (Wildman–Crippen MR) is 71.5 cm³/mol. The maximum atomic E-state index is 12.0. The molecule has 98 valence electrons. The summed E-state index contributed by atoms with van der Waals surface area (Å²) in [6.07, 6.45) is 3.70. The molecule has 1 aliphatic carbocycles. The number of amides is 1. The van der Waals surface area contributed by atoms with Crippen LogP contribution in [-0.4, -0.2) is 23.7 Å². The lowest BCUT2D eigenvalue weighted by atomic mass is 9.87. The van der Waals surface area contributed by atoms with E-state index >= 15 is 0 Å². The highest BCUT2D eigenvalue weighted by Crippen LogP contribution is 2.23. The van der Waals surface area contributed by atoms with Crippen molar-refractivity contribution in [1.82, 2.24) is 5.32 Å². The van der Waals surface area contributed by atoms with Gasteiger partial charge in [-0.25, -0.2) is 0 Å². The quantitative estimate of drug-likeness (QED) is 0.861. The third-order valence-corrected chi connectivity index (χ3v) is 3.70. The summed E-state index contributed by atoms with van der Waals surface area (Å²) in [6.45, 7) is 2.61. The van der Waals surface area contributed by atoms with E-state index in [1.54, 1.807) is 0 Å². The molecule has 0 radical (unpaired) electrons. The van der Waals surface area contributed by atoms with E-state index < -0.39 is 0 Å². The van der Waals surface area contributed by atoms with Crippen LogP contribution < -0.4 is 5.32 Å². The van der Waals surface area contributed by atoms with Gasteiger partial charge in [-0.05, 0) is 43.7 Å². The fourth-order valence-corrected chi connectivity index (χ4v) is 2.61. The molecule has 0 aliphatic heterocycles. The van der Waals surface area contributed by atoms with E-state index in [2.05, 4.69) is 5.32 Å². The summed E-state index contributed by atoms with van der Waals surface area (Å²) < 4.78 is 0. The van der Waals surface area contributed by atoms with Crippen molar-refractivity contribution < 1.29 is 9.90 Å². The summed E-state index contributed by atoms with van der Waals surface area (Å²) in [5.74, 6) is 0.412. The zero-order valence-electron chi connectivity index (χ0n) is 10.9. The van der Waals surface area contributed by atoms with Gasteiger partial charge in [0.1, 0.15) is 0 Å². The molecule has 0 heterocycles. The molecule has 3 nitrogen and oxygen atoms in total. The van der Waals surface area contributed by atoms with Gasteiger partial charge in [0.15, 0.2) is 0 Å². The van der Waals surface area contributed by atoms with E-state index in [1.165, 1.54) is 0 Å². The van der Waals surface area contributed by atoms with Gasteiger partial charge in [0.2, 0.25) is 0 Å². The molecule has 2 N–H and O–H groups in total. The summed E-state index contributed by atoms with van der Waals surface area (Å²) in [5, 5.41) is 12.6. The zero-order chi connectivity index (χ0) is 13.0. The highest BCUT2D eigenvalue weighted by molar-refractivity contribution is 5.95. The molecule has 0 bridgehead atoms. The summed E-state index contributed by atoms with van der Waals surface area (Å²) in [4.78, 5) is 12.0. The molecular formula is C15H21NO2. The lowest BCUT2D eigenvalue weighted by Gasteiger charge is -2.26. The summed E-state index contributed by atoms with van der Waals surface area (Å²) >= 11 is 0. The van der Waals surface area contributed by atoms with Crippen molar-refractivity contribution in [3.63, 3.8) is 0 Å². The van der Waals surface area contributed by atoms with Crippen LogP contribution in [0.4, 0.5) is 0 Å². The van der Waals surface area contributed by atoms with E-state index in [4.69, 9.17) is 0 Å². The Hall–Kier alpha value is -1.35. The molecule has 1 aromatic carbocycles. The maximum Gasteiger partial charge on any atom is 0.251 e. The molecule has 18 heavy (non-hydrogen) atoms. The Bertz CT molecular complexity index is 417. The largest absolute Gasteiger partial charge is 0.393 e. The minimum Gasteiger partial charge on any atom is -0.393 e. The van der Waals surface area contributed by atoms with Crippen LogP contribution in [0, 0.1) is 12.8 Å². The van der Waals surface area contributed by atoms with Crippen LogP contribution in [0.5, 0.6) is 0 Å². The molecule has 0 saturated heterocycles. The number of carbonyl (C=O) groups is 1. The summed E-state index contributed by atoms with van der Waals surface area (Å²) in [7, 11) is 0. The van der Waals surface area contributed by atoms with Crippen molar-refractivity contribution in [2.75, 3.05) is 6.54 Å². The van der Waals surface area contributed by atoms with Crippen molar-refractivity contribution >= 4 is 5.91 Å². The van der Waals surface area contributed by atoms with Crippen molar-refractivity contribution in [2.24, 2.45) is 5.92 Å². The van der Waals surface area contributed by atoms with Crippen LogP contribution in [0.2, 0.25) is 0 Å². The first-order valence-corrected chi connectivity index (χ1v) is 6.68. The zero-order valence-corrected chi connectivity index (χ0v) is 10.9. The fourth-order valence-electron chi connectivity index (χ4n) is 2.61. The average Bonchev–Trinajstić information content (AvgIpc) is 2.37. The number of hydrogen-bond donors (Lipinski definition) is 2. The number of carbonyl (C=O) groups excluding carboxylic acids is 1. The van der Waals surface area contributed by atoms with Gasteiger partial charge in [0.25, 0.3) is 5.91 Å². The lowest BCUT2D eigenvalue weighted by Crippen LogP contribution is -2.33. The maximum absolute atomic E-state index is 12.0. The van der Waals surface area contributed by atoms with Crippen LogP contribution in [-0.2, 0) is 0 Å². The lowest BCUT2D eigenvalue weighted by molar-refractivity contribution is 0.0873. The second-order valence-corrected chi connectivity index (χ2v) is 5.21. The Kier molecular flexibility index (Phi) is 4.37. The Morgan fingerprint density at radius 2 is 2.17 bits per heavy atom. The molecule has 1 saturated carbocycles. The fraction of sp³-hybridized carbons (Fsp3) is 0.533. The van der Waals surface area contributed by atoms with E-state index in [0.29, 0.717) is 12.5 Å². The molecule has 1 amide bonds. The van der Waals surface area contributed by atoms with Gasteiger partial charge in [0.05, 0.1) is 6.10 Å². The highest BCUT2D eigenvalue weighted by Gasteiger charge is 2.20. The minimum atomic E-state index is -0.181. The second kappa shape index (κ2) is 6.01. The summed E-state index contributed by atoms with van der Waals surface area (Å²) in [5.41, 5.74) is 1.74. The number of hydrogen-bond acceptors (Lipinski definition) is 2. The van der Waals surface area contributed by atoms with Crippen LogP contribution in [0.1, 0.15) is 41.6 Å². The van der Waals surface area contributed by atoms with Crippen molar-refractivity contribution in [2.45, 2.75) is 38.7 Å². The van der Waals surface area contributed by atoms with Crippen molar-refractivity contribution in [3.8, 4) is 0 Å². The normalized spacial score (nSPS) is 23.7. The second-order valence-electron chi connectivity index (χ2n) is 5.21. The number of aryl methyl sites for hydroxylation is 1. The van der Waals surface area contributed by atoms with Crippen LogP contribution in [0.15, 0.2) is 24.3 Å². The molecule has 1 fully saturated rings. The molecule has 2 rings (SSSR count). The Balaban J connectivity index is 1.87. The molecule has 0 spiro atoms. The van der Waals surface area contributed by atoms with Gasteiger partial charge in [-0.2, -0.15) is 0 Å². The van der Waals surface area contributed by atoms with Crippen LogP contribution in [0.25, 0.3) is 0 Å². The molecule has 0 aromatic heterocycles. The van der Waals surface area contributed by atoms with Crippen molar-refractivity contribution in [3.05, 3.63) is 35.4 Å². The summed E-state index contributed by atoms with van der Waals surface area (Å²) in [6, 6.07) is 7.61. The number of aliphatic hydroxyl groups excluding tert-OH is 1. The van der Waals surface area contributed by atoms with Crippen LogP contribution >= 0.6 is 0 Å². The monoisotopic (exact) mass is 247 g/mol. The first kappa shape index (κ1) is 13.1. The Labute approximate surface area is 108 Å². The first-order chi connectivity index (χ1) is 8.66. The number of nitrogens with one attached hydrogen (secondary N) is 1. The number of aliphatic hydroxyl groups is 1.